The van der Waals surface area contributed by atoms with Gasteiger partial charge in [0.25, 0.3) is 0 Å². The summed E-state index contributed by atoms with van der Waals surface area (Å²) in [6.07, 6.45) is 4.22. The van der Waals surface area contributed by atoms with Gasteiger partial charge in [-0.05, 0) is 25.7 Å². The first-order valence-electron chi connectivity index (χ1n) is 9.02. The van der Waals surface area contributed by atoms with Gasteiger partial charge in [0.2, 0.25) is 0 Å². The molecule has 0 aromatic heterocycles. The van der Waals surface area contributed by atoms with E-state index in [2.05, 4.69) is 51.8 Å². The molecule has 3 nitrogen and oxygen atoms in total. The highest BCUT2D eigenvalue weighted by Crippen LogP contribution is 2.47. The van der Waals surface area contributed by atoms with Gasteiger partial charge in [0.15, 0.2) is 0 Å². The summed E-state index contributed by atoms with van der Waals surface area (Å²) in [6, 6.07) is 2.03. The third-order valence-electron chi connectivity index (χ3n) is 5.77. The second-order valence-corrected chi connectivity index (χ2v) is 7.92. The summed E-state index contributed by atoms with van der Waals surface area (Å²) in [6.45, 7) is 17.1. The van der Waals surface area contributed by atoms with Gasteiger partial charge in [-0.15, -0.1) is 0 Å². The second-order valence-electron chi connectivity index (χ2n) is 7.92. The van der Waals surface area contributed by atoms with Gasteiger partial charge in [0.05, 0.1) is 6.10 Å². The minimum Gasteiger partial charge on any atom is -0.378 e. The van der Waals surface area contributed by atoms with Gasteiger partial charge in [-0.2, -0.15) is 0 Å². The van der Waals surface area contributed by atoms with Crippen LogP contribution in [0.5, 0.6) is 0 Å². The number of rotatable bonds is 6. The van der Waals surface area contributed by atoms with Crippen molar-refractivity contribution in [2.75, 3.05) is 19.7 Å². The van der Waals surface area contributed by atoms with Crippen LogP contribution in [-0.4, -0.2) is 48.8 Å². The molecule has 1 aliphatic carbocycles. The highest BCUT2D eigenvalue weighted by Gasteiger charge is 2.53. The molecule has 1 saturated carbocycles. The van der Waals surface area contributed by atoms with Gasteiger partial charge in [0.1, 0.15) is 0 Å². The first kappa shape index (κ1) is 17.2. The molecule has 3 heteroatoms. The largest absolute Gasteiger partial charge is 0.378 e. The Morgan fingerprint density at radius 1 is 1.29 bits per heavy atom. The van der Waals surface area contributed by atoms with E-state index in [0.717, 1.165) is 13.2 Å². The van der Waals surface area contributed by atoms with E-state index in [-0.39, 0.29) is 5.41 Å². The Kier molecular flexibility index (Phi) is 5.72. The van der Waals surface area contributed by atoms with Gasteiger partial charge in [-0.1, -0.05) is 41.0 Å². The van der Waals surface area contributed by atoms with Gasteiger partial charge < -0.3 is 10.1 Å². The number of hydrogen-bond acceptors (Lipinski definition) is 3. The summed E-state index contributed by atoms with van der Waals surface area (Å²) in [4.78, 5) is 2.82. The van der Waals surface area contributed by atoms with E-state index < -0.39 is 0 Å². The van der Waals surface area contributed by atoms with Gasteiger partial charge in [-0.25, -0.2) is 0 Å². The molecule has 1 saturated heterocycles. The number of hydrogen-bond donors (Lipinski definition) is 1. The summed E-state index contributed by atoms with van der Waals surface area (Å²) >= 11 is 0. The first-order valence-corrected chi connectivity index (χ1v) is 9.02. The molecule has 0 amide bonds. The number of nitrogens with one attached hydrogen (secondary N) is 1. The maximum atomic E-state index is 5.94. The lowest BCUT2D eigenvalue weighted by atomic mass is 9.63. The molecule has 0 radical (unpaired) electrons. The Bertz CT molecular complexity index is 329. The Labute approximate surface area is 131 Å². The van der Waals surface area contributed by atoms with E-state index in [9.17, 15) is 0 Å². The van der Waals surface area contributed by atoms with Crippen LogP contribution in [0.1, 0.15) is 60.8 Å². The zero-order valence-electron chi connectivity index (χ0n) is 15.0. The molecular weight excluding hydrogens is 260 g/mol. The third-order valence-corrected chi connectivity index (χ3v) is 5.77. The molecule has 2 rings (SSSR count). The predicted molar refractivity (Wildman–Crippen MR) is 89.6 cm³/mol. The number of piperazine rings is 1. The van der Waals surface area contributed by atoms with Crippen LogP contribution in [0.15, 0.2) is 0 Å². The van der Waals surface area contributed by atoms with E-state index in [0.29, 0.717) is 30.1 Å². The topological polar surface area (TPSA) is 24.5 Å². The maximum absolute atomic E-state index is 5.94. The molecule has 4 atom stereocenters. The lowest BCUT2D eigenvalue weighted by molar-refractivity contribution is -0.166. The Balaban J connectivity index is 2.06. The van der Waals surface area contributed by atoms with Crippen LogP contribution in [0.4, 0.5) is 0 Å². The van der Waals surface area contributed by atoms with Crippen LogP contribution in [0.3, 0.4) is 0 Å². The van der Waals surface area contributed by atoms with Crippen LogP contribution >= 0.6 is 0 Å². The predicted octanol–water partition coefficient (Wildman–Crippen LogP) is 3.29. The average Bonchev–Trinajstić information content (AvgIpc) is 2.43. The summed E-state index contributed by atoms with van der Waals surface area (Å²) in [7, 11) is 0. The Morgan fingerprint density at radius 3 is 2.52 bits per heavy atom. The molecule has 0 aromatic carbocycles. The second kappa shape index (κ2) is 6.97. The fourth-order valence-corrected chi connectivity index (χ4v) is 4.29. The molecule has 124 valence electrons. The molecule has 1 N–H and O–H groups in total. The van der Waals surface area contributed by atoms with Crippen molar-refractivity contribution in [1.29, 1.82) is 0 Å². The summed E-state index contributed by atoms with van der Waals surface area (Å²) in [5.41, 5.74) is 0.289. The van der Waals surface area contributed by atoms with Crippen molar-refractivity contribution in [2.45, 2.75) is 85.0 Å². The lowest BCUT2D eigenvalue weighted by Crippen LogP contribution is -2.70. The van der Waals surface area contributed by atoms with Crippen molar-refractivity contribution in [3.8, 4) is 0 Å². The quantitative estimate of drug-likeness (QED) is 0.814. The minimum atomic E-state index is 0.289. The lowest BCUT2D eigenvalue weighted by Gasteiger charge is -2.60. The monoisotopic (exact) mass is 296 g/mol. The van der Waals surface area contributed by atoms with Gasteiger partial charge in [0, 0.05) is 43.2 Å². The fraction of sp³-hybridized carbons (Fsp3) is 1.00. The molecule has 2 aliphatic rings. The fourth-order valence-electron chi connectivity index (χ4n) is 4.29. The van der Waals surface area contributed by atoms with Crippen LogP contribution < -0.4 is 5.32 Å². The molecular formula is C18H36N2O. The summed E-state index contributed by atoms with van der Waals surface area (Å²) in [5, 5.41) is 3.78. The van der Waals surface area contributed by atoms with E-state index in [4.69, 9.17) is 4.74 Å². The normalized spacial score (nSPS) is 36.7. The van der Waals surface area contributed by atoms with Crippen molar-refractivity contribution in [3.63, 3.8) is 0 Å². The Morgan fingerprint density at radius 2 is 2.00 bits per heavy atom. The zero-order valence-corrected chi connectivity index (χ0v) is 15.0. The van der Waals surface area contributed by atoms with Gasteiger partial charge >= 0.3 is 0 Å². The van der Waals surface area contributed by atoms with Crippen LogP contribution in [-0.2, 0) is 4.74 Å². The van der Waals surface area contributed by atoms with E-state index >= 15 is 0 Å². The van der Waals surface area contributed by atoms with E-state index in [1.165, 1.54) is 25.8 Å². The van der Waals surface area contributed by atoms with E-state index in [1.54, 1.807) is 0 Å². The van der Waals surface area contributed by atoms with Crippen molar-refractivity contribution in [2.24, 2.45) is 11.3 Å². The molecule has 1 heterocycles. The number of ether oxygens (including phenoxy) is 1. The van der Waals surface area contributed by atoms with Gasteiger partial charge in [-0.3, -0.25) is 4.90 Å². The highest BCUT2D eigenvalue weighted by atomic mass is 16.5. The standard InChI is InChI=1S/C18H36N2O/c1-7-9-14-12-20(15(11-19-14)13(3)4)16-10-17(21-8-2)18(16,5)6/h13-17,19H,7-12H2,1-6H3. The molecule has 0 bridgehead atoms. The summed E-state index contributed by atoms with van der Waals surface area (Å²) < 4.78 is 5.94. The smallest absolute Gasteiger partial charge is 0.0655 e. The molecule has 4 unspecified atom stereocenters. The summed E-state index contributed by atoms with van der Waals surface area (Å²) in [5.74, 6) is 0.710. The average molecular weight is 296 g/mol. The molecule has 1 aliphatic heterocycles. The molecule has 21 heavy (non-hydrogen) atoms. The minimum absolute atomic E-state index is 0.289. The molecule has 0 aromatic rings. The molecule has 0 spiro atoms. The van der Waals surface area contributed by atoms with Crippen molar-refractivity contribution in [3.05, 3.63) is 0 Å². The number of nitrogens with zero attached hydrogens (tertiary/aromatic N) is 1. The first-order chi connectivity index (χ1) is 9.91. The van der Waals surface area contributed by atoms with Crippen molar-refractivity contribution >= 4 is 0 Å². The van der Waals surface area contributed by atoms with Crippen molar-refractivity contribution in [1.82, 2.24) is 10.2 Å². The van der Waals surface area contributed by atoms with Crippen LogP contribution in [0.2, 0.25) is 0 Å². The third kappa shape index (κ3) is 3.46. The van der Waals surface area contributed by atoms with E-state index in [1.807, 2.05) is 0 Å². The van der Waals surface area contributed by atoms with Crippen molar-refractivity contribution < 1.29 is 4.74 Å². The SMILES string of the molecule is CCCC1CN(C2CC(OCC)C2(C)C)C(C(C)C)CN1. The van der Waals surface area contributed by atoms with Crippen LogP contribution in [0.25, 0.3) is 0 Å². The van der Waals surface area contributed by atoms with Crippen LogP contribution in [0, 0.1) is 11.3 Å². The maximum Gasteiger partial charge on any atom is 0.0655 e. The zero-order chi connectivity index (χ0) is 15.6. The molecule has 2 fully saturated rings. The Hall–Kier alpha value is -0.120. The highest BCUT2D eigenvalue weighted by molar-refractivity contribution is 5.07.